The zero-order chi connectivity index (χ0) is 15.2. The summed E-state index contributed by atoms with van der Waals surface area (Å²) in [6.45, 7) is 15.3. The summed E-state index contributed by atoms with van der Waals surface area (Å²) in [5.41, 5.74) is 11.5. The normalized spacial score (nSPS) is 23.4. The second-order valence-corrected chi connectivity index (χ2v) is 6.61. The molecule has 0 amide bonds. The van der Waals surface area contributed by atoms with Gasteiger partial charge in [0.05, 0.1) is 6.10 Å². The summed E-state index contributed by atoms with van der Waals surface area (Å²) in [5, 5.41) is 9.94. The Labute approximate surface area is 123 Å². The fourth-order valence-electron chi connectivity index (χ4n) is 3.69. The molecule has 0 aromatic rings. The maximum absolute atomic E-state index is 9.94. The summed E-state index contributed by atoms with van der Waals surface area (Å²) < 4.78 is 0. The van der Waals surface area contributed by atoms with Crippen molar-refractivity contribution in [3.8, 4) is 0 Å². The lowest BCUT2D eigenvalue weighted by atomic mass is 9.86. The van der Waals surface area contributed by atoms with Gasteiger partial charge in [0.25, 0.3) is 0 Å². The van der Waals surface area contributed by atoms with Gasteiger partial charge >= 0.3 is 0 Å². The van der Waals surface area contributed by atoms with Gasteiger partial charge in [0, 0.05) is 0 Å². The zero-order valence-electron chi connectivity index (χ0n) is 14.0. The van der Waals surface area contributed by atoms with E-state index in [2.05, 4.69) is 41.5 Å². The third-order valence-corrected chi connectivity index (χ3v) is 5.60. The van der Waals surface area contributed by atoms with E-state index in [9.17, 15) is 5.11 Å². The highest BCUT2D eigenvalue weighted by molar-refractivity contribution is 5.52. The van der Waals surface area contributed by atoms with Crippen molar-refractivity contribution < 1.29 is 5.11 Å². The van der Waals surface area contributed by atoms with Gasteiger partial charge in [-0.2, -0.15) is 0 Å². The van der Waals surface area contributed by atoms with E-state index < -0.39 is 0 Å². The van der Waals surface area contributed by atoms with Crippen LogP contribution in [0.25, 0.3) is 0 Å². The molecule has 2 aliphatic rings. The van der Waals surface area contributed by atoms with Crippen LogP contribution in [0.1, 0.15) is 61.3 Å². The number of allylic oxidation sites excluding steroid dienone is 7. The quantitative estimate of drug-likeness (QED) is 0.758. The monoisotopic (exact) mass is 272 g/mol. The van der Waals surface area contributed by atoms with Gasteiger partial charge in [0.15, 0.2) is 0 Å². The van der Waals surface area contributed by atoms with E-state index in [0.717, 1.165) is 12.8 Å². The van der Waals surface area contributed by atoms with Gasteiger partial charge in [-0.25, -0.2) is 0 Å². The van der Waals surface area contributed by atoms with E-state index in [1.807, 2.05) is 6.92 Å². The molecular weight excluding hydrogens is 244 g/mol. The van der Waals surface area contributed by atoms with Crippen molar-refractivity contribution in [3.05, 3.63) is 44.6 Å². The summed E-state index contributed by atoms with van der Waals surface area (Å²) in [4.78, 5) is 0. The van der Waals surface area contributed by atoms with E-state index in [1.54, 1.807) is 5.57 Å². The zero-order valence-corrected chi connectivity index (χ0v) is 14.0. The number of hydrogen-bond donors (Lipinski definition) is 1. The maximum atomic E-state index is 9.94. The Bertz CT molecular complexity index is 565. The first-order valence-corrected chi connectivity index (χ1v) is 7.69. The average molecular weight is 272 g/mol. The summed E-state index contributed by atoms with van der Waals surface area (Å²) in [5.74, 6) is 0.494. The Morgan fingerprint density at radius 1 is 0.700 bits per heavy atom. The Kier molecular flexibility index (Phi) is 4.11. The minimum atomic E-state index is -0.324. The molecule has 1 nitrogen and oxygen atoms in total. The molecule has 2 atom stereocenters. The first-order chi connectivity index (χ1) is 9.25. The fourth-order valence-corrected chi connectivity index (χ4v) is 3.69. The molecule has 2 aliphatic carbocycles. The van der Waals surface area contributed by atoms with E-state index in [0.29, 0.717) is 5.92 Å². The molecule has 0 aromatic heterocycles. The van der Waals surface area contributed by atoms with Gasteiger partial charge in [-0.3, -0.25) is 0 Å². The molecule has 1 N–H and O–H groups in total. The predicted octanol–water partition coefficient (Wildman–Crippen LogP) is 5.10. The second kappa shape index (κ2) is 5.37. The molecule has 0 spiro atoms. The first-order valence-electron chi connectivity index (χ1n) is 7.69. The Morgan fingerprint density at radius 2 is 1.15 bits per heavy atom. The van der Waals surface area contributed by atoms with Crippen LogP contribution in [0.2, 0.25) is 0 Å². The van der Waals surface area contributed by atoms with E-state index in [4.69, 9.17) is 0 Å². The summed E-state index contributed by atoms with van der Waals surface area (Å²) in [7, 11) is 0. The van der Waals surface area contributed by atoms with Crippen LogP contribution in [-0.4, -0.2) is 11.2 Å². The average Bonchev–Trinajstić information content (AvgIpc) is 2.82. The molecule has 0 aromatic carbocycles. The number of rotatable bonds is 3. The topological polar surface area (TPSA) is 20.2 Å². The molecular formula is C19H28O. The fraction of sp³-hybridized carbons (Fsp3) is 0.579. The SMILES string of the molecule is CC1=C(C)C(C)=C(C(C)C2=C(C)C(C)=C(C(C)O)C2)C1. The Morgan fingerprint density at radius 3 is 1.55 bits per heavy atom. The summed E-state index contributed by atoms with van der Waals surface area (Å²) >= 11 is 0. The first kappa shape index (κ1) is 15.3. The van der Waals surface area contributed by atoms with Crippen LogP contribution in [0, 0.1) is 5.92 Å². The highest BCUT2D eigenvalue weighted by atomic mass is 16.3. The van der Waals surface area contributed by atoms with E-state index >= 15 is 0 Å². The molecule has 110 valence electrons. The Hall–Kier alpha value is -1.08. The molecule has 0 aliphatic heterocycles. The van der Waals surface area contributed by atoms with Crippen molar-refractivity contribution in [1.29, 1.82) is 0 Å². The van der Waals surface area contributed by atoms with Crippen molar-refractivity contribution in [1.82, 2.24) is 0 Å². The molecule has 0 saturated heterocycles. The van der Waals surface area contributed by atoms with Gasteiger partial charge in [0.1, 0.15) is 0 Å². The van der Waals surface area contributed by atoms with E-state index in [1.165, 1.54) is 39.0 Å². The molecule has 2 rings (SSSR count). The lowest BCUT2D eigenvalue weighted by molar-refractivity contribution is 0.228. The van der Waals surface area contributed by atoms with Crippen LogP contribution < -0.4 is 0 Å². The molecule has 0 fully saturated rings. The van der Waals surface area contributed by atoms with Gasteiger partial charge < -0.3 is 5.11 Å². The molecule has 1 heteroatoms. The van der Waals surface area contributed by atoms with Crippen molar-refractivity contribution in [3.63, 3.8) is 0 Å². The number of aliphatic hydroxyl groups excluding tert-OH is 1. The smallest absolute Gasteiger partial charge is 0.0730 e. The van der Waals surface area contributed by atoms with Crippen molar-refractivity contribution in [2.24, 2.45) is 5.92 Å². The molecule has 0 radical (unpaired) electrons. The van der Waals surface area contributed by atoms with Crippen LogP contribution in [0.3, 0.4) is 0 Å². The minimum Gasteiger partial charge on any atom is -0.389 e. The predicted molar refractivity (Wildman–Crippen MR) is 86.6 cm³/mol. The standard InChI is InChI=1S/C19H28O/c1-10-8-17(12(3)11(10)2)15(6)18-9-19(16(7)20)14(5)13(18)4/h15-16,20H,8-9H2,1-7H3. The molecule has 0 saturated carbocycles. The number of hydrogen-bond acceptors (Lipinski definition) is 1. The third-order valence-electron chi connectivity index (χ3n) is 5.60. The Balaban J connectivity index is 2.29. The van der Waals surface area contributed by atoms with Gasteiger partial charge in [0.2, 0.25) is 0 Å². The molecule has 20 heavy (non-hydrogen) atoms. The molecule has 2 unspecified atom stereocenters. The van der Waals surface area contributed by atoms with E-state index in [-0.39, 0.29) is 6.10 Å². The highest BCUT2D eigenvalue weighted by Crippen LogP contribution is 2.44. The number of aliphatic hydroxyl groups is 1. The van der Waals surface area contributed by atoms with Gasteiger partial charge in [-0.15, -0.1) is 0 Å². The van der Waals surface area contributed by atoms with Crippen molar-refractivity contribution in [2.45, 2.75) is 67.4 Å². The molecule has 0 heterocycles. The maximum Gasteiger partial charge on any atom is 0.0730 e. The lowest BCUT2D eigenvalue weighted by Gasteiger charge is -2.19. The van der Waals surface area contributed by atoms with Gasteiger partial charge in [-0.05, 0) is 88.2 Å². The van der Waals surface area contributed by atoms with Crippen LogP contribution in [0.15, 0.2) is 44.6 Å². The van der Waals surface area contributed by atoms with Crippen LogP contribution in [0.5, 0.6) is 0 Å². The summed E-state index contributed by atoms with van der Waals surface area (Å²) in [6.07, 6.45) is 1.75. The summed E-state index contributed by atoms with van der Waals surface area (Å²) in [6, 6.07) is 0. The highest BCUT2D eigenvalue weighted by Gasteiger charge is 2.29. The lowest BCUT2D eigenvalue weighted by Crippen LogP contribution is -2.08. The van der Waals surface area contributed by atoms with Crippen LogP contribution >= 0.6 is 0 Å². The third kappa shape index (κ3) is 2.33. The van der Waals surface area contributed by atoms with Crippen LogP contribution in [0.4, 0.5) is 0 Å². The van der Waals surface area contributed by atoms with Crippen molar-refractivity contribution >= 4 is 0 Å². The minimum absolute atomic E-state index is 0.324. The van der Waals surface area contributed by atoms with Gasteiger partial charge in [-0.1, -0.05) is 23.6 Å². The van der Waals surface area contributed by atoms with Crippen LogP contribution in [-0.2, 0) is 0 Å². The van der Waals surface area contributed by atoms with Crippen molar-refractivity contribution in [2.75, 3.05) is 0 Å². The molecule has 0 bridgehead atoms. The second-order valence-electron chi connectivity index (χ2n) is 6.61. The largest absolute Gasteiger partial charge is 0.389 e.